The fourth-order valence-electron chi connectivity index (χ4n) is 2.55. The SMILES string of the molecule is Cc1ccc(F)cc1C(N)C1CCCCS1(=O)=O. The van der Waals surface area contributed by atoms with Gasteiger partial charge in [-0.3, -0.25) is 0 Å². The average molecular weight is 271 g/mol. The third kappa shape index (κ3) is 2.57. The van der Waals surface area contributed by atoms with Crippen molar-refractivity contribution in [1.29, 1.82) is 0 Å². The molecule has 1 aromatic carbocycles. The maximum Gasteiger partial charge on any atom is 0.155 e. The van der Waals surface area contributed by atoms with Crippen molar-refractivity contribution in [2.75, 3.05) is 5.75 Å². The average Bonchev–Trinajstić information content (AvgIpc) is 2.31. The van der Waals surface area contributed by atoms with Crippen molar-refractivity contribution in [3.05, 3.63) is 35.1 Å². The van der Waals surface area contributed by atoms with Gasteiger partial charge >= 0.3 is 0 Å². The first-order valence-corrected chi connectivity index (χ1v) is 7.86. The topological polar surface area (TPSA) is 60.2 Å². The van der Waals surface area contributed by atoms with Gasteiger partial charge in [-0.25, -0.2) is 12.8 Å². The van der Waals surface area contributed by atoms with Gasteiger partial charge in [-0.2, -0.15) is 0 Å². The van der Waals surface area contributed by atoms with Crippen LogP contribution in [0.2, 0.25) is 0 Å². The van der Waals surface area contributed by atoms with E-state index in [4.69, 9.17) is 5.73 Å². The maximum atomic E-state index is 13.3. The number of hydrogen-bond acceptors (Lipinski definition) is 3. The van der Waals surface area contributed by atoms with Crippen LogP contribution < -0.4 is 5.73 Å². The molecule has 5 heteroatoms. The van der Waals surface area contributed by atoms with Crippen LogP contribution in [0.15, 0.2) is 18.2 Å². The Balaban J connectivity index is 2.35. The number of hydrogen-bond donors (Lipinski definition) is 1. The van der Waals surface area contributed by atoms with E-state index in [1.165, 1.54) is 12.1 Å². The van der Waals surface area contributed by atoms with Crippen molar-refractivity contribution >= 4 is 9.84 Å². The van der Waals surface area contributed by atoms with Gasteiger partial charge in [0.2, 0.25) is 0 Å². The Kier molecular flexibility index (Phi) is 3.73. The van der Waals surface area contributed by atoms with E-state index >= 15 is 0 Å². The molecule has 0 amide bonds. The third-order valence-electron chi connectivity index (χ3n) is 3.63. The van der Waals surface area contributed by atoms with Gasteiger partial charge in [0.15, 0.2) is 9.84 Å². The lowest BCUT2D eigenvalue weighted by Crippen LogP contribution is -2.38. The highest BCUT2D eigenvalue weighted by atomic mass is 32.2. The molecule has 0 radical (unpaired) electrons. The lowest BCUT2D eigenvalue weighted by atomic mass is 9.96. The Morgan fingerprint density at radius 2 is 2.11 bits per heavy atom. The van der Waals surface area contributed by atoms with Crippen molar-refractivity contribution in [1.82, 2.24) is 0 Å². The predicted octanol–water partition coefficient (Wildman–Crippen LogP) is 2.10. The summed E-state index contributed by atoms with van der Waals surface area (Å²) in [7, 11) is -3.15. The van der Waals surface area contributed by atoms with Crippen molar-refractivity contribution < 1.29 is 12.8 Å². The Morgan fingerprint density at radius 3 is 2.78 bits per heavy atom. The second-order valence-electron chi connectivity index (χ2n) is 4.93. The Labute approximate surface area is 107 Å². The monoisotopic (exact) mass is 271 g/mol. The first kappa shape index (κ1) is 13.5. The van der Waals surface area contributed by atoms with Crippen LogP contribution in [0, 0.1) is 12.7 Å². The molecule has 2 unspecified atom stereocenters. The fraction of sp³-hybridized carbons (Fsp3) is 0.538. The summed E-state index contributed by atoms with van der Waals surface area (Å²) in [6, 6.07) is 3.72. The number of halogens is 1. The molecule has 0 bridgehead atoms. The van der Waals surface area contributed by atoms with Gasteiger partial charge in [-0.05, 0) is 43.0 Å². The van der Waals surface area contributed by atoms with Crippen LogP contribution in [0.1, 0.15) is 36.4 Å². The smallest absolute Gasteiger partial charge is 0.155 e. The minimum absolute atomic E-state index is 0.194. The molecule has 0 aliphatic carbocycles. The van der Waals surface area contributed by atoms with E-state index in [-0.39, 0.29) is 11.6 Å². The van der Waals surface area contributed by atoms with E-state index in [0.29, 0.717) is 18.4 Å². The Morgan fingerprint density at radius 1 is 1.39 bits per heavy atom. The highest BCUT2D eigenvalue weighted by molar-refractivity contribution is 7.92. The summed E-state index contributed by atoms with van der Waals surface area (Å²) in [5, 5.41) is -0.577. The molecule has 1 fully saturated rings. The first-order chi connectivity index (χ1) is 8.42. The van der Waals surface area contributed by atoms with Gasteiger partial charge in [0.25, 0.3) is 0 Å². The molecule has 3 nitrogen and oxygen atoms in total. The van der Waals surface area contributed by atoms with Crippen LogP contribution in [0.3, 0.4) is 0 Å². The summed E-state index contributed by atoms with van der Waals surface area (Å²) < 4.78 is 37.3. The van der Waals surface area contributed by atoms with Crippen molar-refractivity contribution in [2.45, 2.75) is 37.5 Å². The normalized spacial score (nSPS) is 24.7. The van der Waals surface area contributed by atoms with Gasteiger partial charge in [0, 0.05) is 6.04 Å². The lowest BCUT2D eigenvalue weighted by molar-refractivity contribution is 0.502. The quantitative estimate of drug-likeness (QED) is 0.896. The standard InChI is InChI=1S/C13H18FNO2S/c1-9-5-6-10(14)8-11(9)13(15)12-4-2-3-7-18(12,16)17/h5-6,8,12-13H,2-4,7,15H2,1H3. The fourth-order valence-corrected chi connectivity index (χ4v) is 4.58. The zero-order chi connectivity index (χ0) is 13.3. The Bertz CT molecular complexity index is 542. The molecule has 1 aliphatic heterocycles. The highest BCUT2D eigenvalue weighted by Gasteiger charge is 2.35. The van der Waals surface area contributed by atoms with Gasteiger partial charge in [-0.1, -0.05) is 12.5 Å². The van der Waals surface area contributed by atoms with Crippen LogP contribution in [-0.2, 0) is 9.84 Å². The minimum Gasteiger partial charge on any atom is -0.323 e. The number of sulfone groups is 1. The largest absolute Gasteiger partial charge is 0.323 e. The summed E-state index contributed by atoms with van der Waals surface area (Å²) in [5.74, 6) is -0.182. The van der Waals surface area contributed by atoms with E-state index in [9.17, 15) is 12.8 Å². The molecule has 1 aliphatic rings. The summed E-state index contributed by atoms with van der Waals surface area (Å²) >= 11 is 0. The molecule has 1 saturated heterocycles. The van der Waals surface area contributed by atoms with E-state index in [2.05, 4.69) is 0 Å². The molecule has 2 rings (SSSR count). The molecule has 2 atom stereocenters. The summed E-state index contributed by atoms with van der Waals surface area (Å²) in [4.78, 5) is 0. The molecule has 100 valence electrons. The van der Waals surface area contributed by atoms with E-state index in [0.717, 1.165) is 12.0 Å². The number of aryl methyl sites for hydroxylation is 1. The summed E-state index contributed by atoms with van der Waals surface area (Å²) in [6.07, 6.45) is 2.14. The van der Waals surface area contributed by atoms with Crippen LogP contribution in [0.5, 0.6) is 0 Å². The second-order valence-corrected chi connectivity index (χ2v) is 7.27. The van der Waals surface area contributed by atoms with Crippen molar-refractivity contribution in [3.8, 4) is 0 Å². The van der Waals surface area contributed by atoms with Gasteiger partial charge in [-0.15, -0.1) is 0 Å². The second kappa shape index (κ2) is 4.97. The minimum atomic E-state index is -3.15. The molecular formula is C13H18FNO2S. The number of rotatable bonds is 2. The van der Waals surface area contributed by atoms with Crippen molar-refractivity contribution in [2.24, 2.45) is 5.73 Å². The molecule has 0 saturated carbocycles. The number of benzene rings is 1. The van der Waals surface area contributed by atoms with E-state index in [1.54, 1.807) is 6.07 Å². The predicted molar refractivity (Wildman–Crippen MR) is 69.5 cm³/mol. The van der Waals surface area contributed by atoms with E-state index < -0.39 is 21.1 Å². The summed E-state index contributed by atoms with van der Waals surface area (Å²) in [6.45, 7) is 1.82. The van der Waals surface area contributed by atoms with Gasteiger partial charge in [0.1, 0.15) is 5.82 Å². The number of nitrogens with two attached hydrogens (primary N) is 1. The molecule has 1 aromatic rings. The van der Waals surface area contributed by atoms with E-state index in [1.807, 2.05) is 6.92 Å². The molecule has 0 spiro atoms. The highest BCUT2D eigenvalue weighted by Crippen LogP contribution is 2.30. The van der Waals surface area contributed by atoms with Gasteiger partial charge < -0.3 is 5.73 Å². The van der Waals surface area contributed by atoms with Crippen molar-refractivity contribution in [3.63, 3.8) is 0 Å². The zero-order valence-corrected chi connectivity index (χ0v) is 11.2. The zero-order valence-electron chi connectivity index (χ0n) is 10.4. The molecule has 1 heterocycles. The molecule has 0 aromatic heterocycles. The molecule has 2 N–H and O–H groups in total. The van der Waals surface area contributed by atoms with Crippen LogP contribution in [0.4, 0.5) is 4.39 Å². The third-order valence-corrected chi connectivity index (χ3v) is 5.94. The lowest BCUT2D eigenvalue weighted by Gasteiger charge is -2.28. The van der Waals surface area contributed by atoms with Crippen LogP contribution in [0.25, 0.3) is 0 Å². The molecular weight excluding hydrogens is 253 g/mol. The molecule has 18 heavy (non-hydrogen) atoms. The maximum absolute atomic E-state index is 13.3. The van der Waals surface area contributed by atoms with Crippen LogP contribution >= 0.6 is 0 Å². The Hall–Kier alpha value is -0.940. The van der Waals surface area contributed by atoms with Gasteiger partial charge in [0.05, 0.1) is 11.0 Å². The van der Waals surface area contributed by atoms with Crippen LogP contribution in [-0.4, -0.2) is 19.4 Å². The summed E-state index contributed by atoms with van der Waals surface area (Å²) in [5.41, 5.74) is 7.51. The first-order valence-electron chi connectivity index (χ1n) is 6.15.